The van der Waals surface area contributed by atoms with Gasteiger partial charge in [0.05, 0.1) is 17.3 Å². The van der Waals surface area contributed by atoms with Crippen molar-refractivity contribution in [3.63, 3.8) is 0 Å². The van der Waals surface area contributed by atoms with Crippen molar-refractivity contribution < 1.29 is 13.5 Å². The maximum atomic E-state index is 14.5. The Balaban J connectivity index is 1.88. The third-order valence-electron chi connectivity index (χ3n) is 4.05. The Bertz CT molecular complexity index is 1170. The summed E-state index contributed by atoms with van der Waals surface area (Å²) in [5.41, 5.74) is 6.35. The Labute approximate surface area is 161 Å². The molecule has 3 aromatic heterocycles. The lowest BCUT2D eigenvalue weighted by Crippen LogP contribution is -2.08. The summed E-state index contributed by atoms with van der Waals surface area (Å²) in [4.78, 5) is 16.4. The Hall–Kier alpha value is -3.40. The molecule has 0 spiro atoms. The molecule has 8 nitrogen and oxygen atoms in total. The van der Waals surface area contributed by atoms with Gasteiger partial charge in [-0.1, -0.05) is 11.6 Å². The van der Waals surface area contributed by atoms with E-state index in [1.807, 2.05) is 0 Å². The number of H-pyrrole nitrogens is 1. The molecule has 11 heteroatoms. The van der Waals surface area contributed by atoms with Crippen LogP contribution in [0.3, 0.4) is 0 Å². The summed E-state index contributed by atoms with van der Waals surface area (Å²) in [5.74, 6) is -1.02. The standard InChI is InChI=1S/C17H12ClF2N7O/c1-7(17-25-6-26-27-17)28-10-4-22-14(15-11(10)16(21)24-5-23-15)8-2-3-9(19)12(18)13(8)20/h2-7H,1H3,(H2,21,23,24)(H,25,26,27). The third-order valence-corrected chi connectivity index (χ3v) is 4.40. The fourth-order valence-corrected chi connectivity index (χ4v) is 2.89. The van der Waals surface area contributed by atoms with Crippen molar-refractivity contribution >= 4 is 28.3 Å². The lowest BCUT2D eigenvalue weighted by atomic mass is 10.1. The number of benzene rings is 1. The second-order valence-electron chi connectivity index (χ2n) is 5.79. The quantitative estimate of drug-likeness (QED) is 0.501. The predicted octanol–water partition coefficient (Wildman–Crippen LogP) is 3.46. The summed E-state index contributed by atoms with van der Waals surface area (Å²) >= 11 is 5.70. The summed E-state index contributed by atoms with van der Waals surface area (Å²) in [6, 6.07) is 2.28. The molecule has 3 heterocycles. The molecule has 4 rings (SSSR count). The van der Waals surface area contributed by atoms with Crippen LogP contribution >= 0.6 is 11.6 Å². The molecule has 0 aliphatic rings. The second-order valence-corrected chi connectivity index (χ2v) is 6.17. The number of hydrogen-bond donors (Lipinski definition) is 2. The Morgan fingerprint density at radius 3 is 2.75 bits per heavy atom. The van der Waals surface area contributed by atoms with Gasteiger partial charge in [-0.05, 0) is 19.1 Å². The number of nitrogens with one attached hydrogen (secondary N) is 1. The number of rotatable bonds is 4. The highest BCUT2D eigenvalue weighted by atomic mass is 35.5. The van der Waals surface area contributed by atoms with E-state index < -0.39 is 22.8 Å². The molecule has 4 aromatic rings. The number of anilines is 1. The number of pyridine rings is 1. The molecule has 0 fully saturated rings. The van der Waals surface area contributed by atoms with Crippen LogP contribution in [0.2, 0.25) is 5.02 Å². The summed E-state index contributed by atoms with van der Waals surface area (Å²) in [6.45, 7) is 1.74. The number of hydrogen-bond acceptors (Lipinski definition) is 7. The van der Waals surface area contributed by atoms with Crippen LogP contribution in [0.4, 0.5) is 14.6 Å². The normalized spacial score (nSPS) is 12.3. The molecule has 0 radical (unpaired) electrons. The molecule has 0 amide bonds. The minimum Gasteiger partial charge on any atom is -0.480 e. The van der Waals surface area contributed by atoms with Gasteiger partial charge >= 0.3 is 0 Å². The molecule has 142 valence electrons. The summed E-state index contributed by atoms with van der Waals surface area (Å²) in [7, 11) is 0. The molecule has 0 aliphatic carbocycles. The fourth-order valence-electron chi connectivity index (χ4n) is 2.72. The van der Waals surface area contributed by atoms with Crippen LogP contribution in [0.5, 0.6) is 5.75 Å². The first-order valence-corrected chi connectivity index (χ1v) is 8.40. The van der Waals surface area contributed by atoms with Crippen LogP contribution in [-0.4, -0.2) is 30.1 Å². The van der Waals surface area contributed by atoms with Crippen molar-refractivity contribution in [1.29, 1.82) is 0 Å². The zero-order valence-electron chi connectivity index (χ0n) is 14.3. The fraction of sp³-hybridized carbons (Fsp3) is 0.118. The van der Waals surface area contributed by atoms with E-state index in [0.29, 0.717) is 11.2 Å². The number of aromatic amines is 1. The molecule has 28 heavy (non-hydrogen) atoms. The van der Waals surface area contributed by atoms with Crippen LogP contribution in [0.15, 0.2) is 31.0 Å². The van der Waals surface area contributed by atoms with E-state index in [4.69, 9.17) is 22.1 Å². The minimum absolute atomic E-state index is 0.0249. The molecule has 1 unspecified atom stereocenters. The van der Waals surface area contributed by atoms with Crippen molar-refractivity contribution in [3.8, 4) is 17.0 Å². The van der Waals surface area contributed by atoms with Crippen molar-refractivity contribution in [1.82, 2.24) is 30.1 Å². The Morgan fingerprint density at radius 2 is 2.00 bits per heavy atom. The van der Waals surface area contributed by atoms with Gasteiger partial charge in [0.15, 0.2) is 23.5 Å². The number of aromatic nitrogens is 6. The lowest BCUT2D eigenvalue weighted by molar-refractivity contribution is 0.219. The number of nitrogen functional groups attached to an aromatic ring is 1. The predicted molar refractivity (Wildman–Crippen MR) is 97.5 cm³/mol. The largest absolute Gasteiger partial charge is 0.480 e. The van der Waals surface area contributed by atoms with Crippen molar-refractivity contribution in [3.05, 3.63) is 53.5 Å². The number of nitrogens with two attached hydrogens (primary N) is 1. The average Bonchev–Trinajstić information content (AvgIpc) is 3.22. The van der Waals surface area contributed by atoms with Gasteiger partial charge in [-0.25, -0.2) is 28.7 Å². The maximum Gasteiger partial charge on any atom is 0.190 e. The summed E-state index contributed by atoms with van der Waals surface area (Å²) in [6.07, 6.45) is 3.47. The van der Waals surface area contributed by atoms with Crippen molar-refractivity contribution in [2.24, 2.45) is 0 Å². The monoisotopic (exact) mass is 403 g/mol. The summed E-state index contributed by atoms with van der Waals surface area (Å²) in [5, 5.41) is 6.26. The molecule has 3 N–H and O–H groups in total. The van der Waals surface area contributed by atoms with Crippen molar-refractivity contribution in [2.75, 3.05) is 5.73 Å². The third kappa shape index (κ3) is 2.97. The van der Waals surface area contributed by atoms with Crippen LogP contribution in [0.1, 0.15) is 18.9 Å². The highest BCUT2D eigenvalue weighted by Gasteiger charge is 2.21. The maximum absolute atomic E-state index is 14.5. The van der Waals surface area contributed by atoms with Gasteiger partial charge < -0.3 is 10.5 Å². The van der Waals surface area contributed by atoms with E-state index in [9.17, 15) is 8.78 Å². The SMILES string of the molecule is CC(Oc1cnc(-c2ccc(F)c(Cl)c2F)c2ncnc(N)c12)c1nc[nH]n1. The lowest BCUT2D eigenvalue weighted by Gasteiger charge is -2.15. The second kappa shape index (κ2) is 6.97. The van der Waals surface area contributed by atoms with Gasteiger partial charge in [0.1, 0.15) is 34.8 Å². The average molecular weight is 404 g/mol. The molecular weight excluding hydrogens is 392 g/mol. The highest BCUT2D eigenvalue weighted by Crippen LogP contribution is 2.37. The van der Waals surface area contributed by atoms with Crippen LogP contribution in [-0.2, 0) is 0 Å². The van der Waals surface area contributed by atoms with Gasteiger partial charge in [0, 0.05) is 5.56 Å². The molecule has 0 bridgehead atoms. The highest BCUT2D eigenvalue weighted by molar-refractivity contribution is 6.31. The van der Waals surface area contributed by atoms with Crippen molar-refractivity contribution in [2.45, 2.75) is 13.0 Å². The summed E-state index contributed by atoms with van der Waals surface area (Å²) < 4.78 is 33.9. The van der Waals surface area contributed by atoms with Gasteiger partial charge in [-0.15, -0.1) is 0 Å². The molecule has 1 aromatic carbocycles. The van der Waals surface area contributed by atoms with Gasteiger partial charge in [-0.3, -0.25) is 5.10 Å². The zero-order chi connectivity index (χ0) is 19.8. The molecular formula is C17H12ClF2N7O. The van der Waals surface area contributed by atoms with Gasteiger partial charge in [0.25, 0.3) is 0 Å². The van der Waals surface area contributed by atoms with Crippen LogP contribution in [0.25, 0.3) is 22.2 Å². The minimum atomic E-state index is -0.949. The van der Waals surface area contributed by atoms with Crippen LogP contribution < -0.4 is 10.5 Å². The Morgan fingerprint density at radius 1 is 1.18 bits per heavy atom. The van der Waals surface area contributed by atoms with E-state index in [2.05, 4.69) is 30.1 Å². The number of halogens is 3. The topological polar surface area (TPSA) is 115 Å². The number of fused-ring (bicyclic) bond motifs is 1. The zero-order valence-corrected chi connectivity index (χ0v) is 15.1. The van der Waals surface area contributed by atoms with E-state index in [1.165, 1.54) is 24.9 Å². The molecule has 0 saturated heterocycles. The molecule has 0 saturated carbocycles. The van der Waals surface area contributed by atoms with Gasteiger partial charge in [0.2, 0.25) is 0 Å². The first kappa shape index (κ1) is 18.0. The Kier molecular flexibility index (Phi) is 4.47. The van der Waals surface area contributed by atoms with E-state index in [1.54, 1.807) is 6.92 Å². The van der Waals surface area contributed by atoms with Crippen LogP contribution in [0, 0.1) is 11.6 Å². The molecule has 0 aliphatic heterocycles. The first-order valence-electron chi connectivity index (χ1n) is 8.02. The van der Waals surface area contributed by atoms with E-state index in [-0.39, 0.29) is 28.3 Å². The smallest absolute Gasteiger partial charge is 0.190 e. The van der Waals surface area contributed by atoms with E-state index in [0.717, 1.165) is 6.07 Å². The van der Waals surface area contributed by atoms with Gasteiger partial charge in [-0.2, -0.15) is 5.10 Å². The molecule has 1 atom stereocenters. The van der Waals surface area contributed by atoms with E-state index >= 15 is 0 Å². The first-order chi connectivity index (χ1) is 13.5. The number of ether oxygens (including phenoxy) is 1. The number of nitrogens with zero attached hydrogens (tertiary/aromatic N) is 5.